The van der Waals surface area contributed by atoms with E-state index in [1.807, 2.05) is 18.6 Å². The molecule has 8 nitrogen and oxygen atoms in total. The predicted octanol–water partition coefficient (Wildman–Crippen LogP) is 8.95. The molecule has 1 aliphatic rings. The summed E-state index contributed by atoms with van der Waals surface area (Å²) in [4.78, 5) is 22.0. The molecule has 7 aromatic heterocycles. The molecule has 0 saturated carbocycles. The zero-order valence-corrected chi connectivity index (χ0v) is 27.2. The van der Waals surface area contributed by atoms with Crippen LogP contribution in [0.3, 0.4) is 0 Å². The first kappa shape index (κ1) is 25.4. The number of para-hydroxylation sites is 4. The van der Waals surface area contributed by atoms with Crippen LogP contribution in [-0.4, -0.2) is 37.9 Å². The Labute approximate surface area is 278 Å². The van der Waals surface area contributed by atoms with Gasteiger partial charge in [-0.05, 0) is 71.8 Å². The SMILES string of the molecule is Cn1c2cc3c(cc2n2c4ccccc4nc12)[SH](Cn1c2cc4sc5cnccc5c4cc2n2c4ccccc4nc12)c1cnccc1-3. The number of rotatable bonds is 2. The van der Waals surface area contributed by atoms with Gasteiger partial charge in [0, 0.05) is 57.1 Å². The zero-order valence-electron chi connectivity index (χ0n) is 25.5. The average molecular weight is 657 g/mol. The van der Waals surface area contributed by atoms with E-state index in [-0.39, 0.29) is 0 Å². The molecule has 10 heteroatoms. The summed E-state index contributed by atoms with van der Waals surface area (Å²) in [6.07, 6.45) is 7.89. The number of imidazole rings is 4. The van der Waals surface area contributed by atoms with Crippen LogP contribution in [-0.2, 0) is 12.9 Å². The van der Waals surface area contributed by atoms with Gasteiger partial charge in [-0.15, -0.1) is 11.3 Å². The minimum atomic E-state index is -0.816. The van der Waals surface area contributed by atoms with Crippen molar-refractivity contribution in [2.24, 2.45) is 7.05 Å². The van der Waals surface area contributed by atoms with Gasteiger partial charge < -0.3 is 9.13 Å². The van der Waals surface area contributed by atoms with Crippen LogP contribution >= 0.6 is 22.2 Å². The third kappa shape index (κ3) is 3.07. The van der Waals surface area contributed by atoms with Crippen LogP contribution in [0.1, 0.15) is 0 Å². The van der Waals surface area contributed by atoms with Gasteiger partial charge in [0.1, 0.15) is 0 Å². The van der Waals surface area contributed by atoms with E-state index in [0.29, 0.717) is 0 Å². The summed E-state index contributed by atoms with van der Waals surface area (Å²) >= 11 is 1.81. The number of thiophene rings is 1. The van der Waals surface area contributed by atoms with Crippen molar-refractivity contribution in [2.45, 2.75) is 15.7 Å². The van der Waals surface area contributed by atoms with Gasteiger partial charge in [-0.3, -0.25) is 18.8 Å². The quantitative estimate of drug-likeness (QED) is 0.189. The van der Waals surface area contributed by atoms with Crippen LogP contribution in [0, 0.1) is 0 Å². The first-order chi connectivity index (χ1) is 23.7. The number of thiol groups is 1. The molecule has 11 aromatic rings. The van der Waals surface area contributed by atoms with Crippen molar-refractivity contribution in [1.82, 2.24) is 37.9 Å². The Morgan fingerprint density at radius 2 is 1.33 bits per heavy atom. The first-order valence-electron chi connectivity index (χ1n) is 15.9. The minimum Gasteiger partial charge on any atom is -0.313 e. The van der Waals surface area contributed by atoms with Crippen molar-refractivity contribution in [2.75, 3.05) is 0 Å². The molecule has 228 valence electrons. The van der Waals surface area contributed by atoms with E-state index >= 15 is 0 Å². The molecule has 8 heterocycles. The third-order valence-electron chi connectivity index (χ3n) is 10.2. The van der Waals surface area contributed by atoms with E-state index in [0.717, 1.165) is 39.5 Å². The van der Waals surface area contributed by atoms with Crippen LogP contribution in [0.15, 0.2) is 120 Å². The topological polar surface area (TPSA) is 70.2 Å². The maximum Gasteiger partial charge on any atom is 0.216 e. The van der Waals surface area contributed by atoms with E-state index in [2.05, 4.69) is 126 Å². The van der Waals surface area contributed by atoms with Crippen molar-refractivity contribution in [3.05, 3.63) is 110 Å². The second-order valence-electron chi connectivity index (χ2n) is 12.6. The summed E-state index contributed by atoms with van der Waals surface area (Å²) in [5, 5.41) is 2.51. The molecule has 48 heavy (non-hydrogen) atoms. The van der Waals surface area contributed by atoms with Gasteiger partial charge in [-0.25, -0.2) is 9.97 Å². The summed E-state index contributed by atoms with van der Waals surface area (Å²) in [7, 11) is 1.31. The van der Waals surface area contributed by atoms with Crippen LogP contribution in [0.4, 0.5) is 0 Å². The van der Waals surface area contributed by atoms with Gasteiger partial charge in [-0.2, -0.15) is 10.9 Å². The van der Waals surface area contributed by atoms with Crippen molar-refractivity contribution in [3.63, 3.8) is 0 Å². The maximum atomic E-state index is 5.26. The highest BCUT2D eigenvalue weighted by Gasteiger charge is 2.30. The number of benzene rings is 4. The molecule has 0 amide bonds. The molecular formula is C38H24N8S2. The van der Waals surface area contributed by atoms with Crippen molar-refractivity contribution in [3.8, 4) is 11.1 Å². The van der Waals surface area contributed by atoms with E-state index in [1.54, 1.807) is 11.3 Å². The molecule has 0 radical (unpaired) electrons. The van der Waals surface area contributed by atoms with Gasteiger partial charge in [-0.1, -0.05) is 24.3 Å². The molecule has 0 aliphatic carbocycles. The third-order valence-corrected chi connectivity index (χ3v) is 13.7. The second kappa shape index (κ2) is 8.80. The lowest BCUT2D eigenvalue weighted by atomic mass is 10.1. The Bertz CT molecular complexity index is 3190. The van der Waals surface area contributed by atoms with Gasteiger partial charge in [0.25, 0.3) is 0 Å². The summed E-state index contributed by atoms with van der Waals surface area (Å²) in [6.45, 7) is 0. The largest absolute Gasteiger partial charge is 0.313 e. The van der Waals surface area contributed by atoms with Crippen molar-refractivity contribution >= 4 is 98.1 Å². The smallest absolute Gasteiger partial charge is 0.216 e. The molecule has 0 spiro atoms. The summed E-state index contributed by atoms with van der Waals surface area (Å²) in [5.41, 5.74) is 11.6. The minimum absolute atomic E-state index is 0.793. The van der Waals surface area contributed by atoms with Crippen LogP contribution < -0.4 is 0 Å². The molecule has 0 fully saturated rings. The van der Waals surface area contributed by atoms with E-state index < -0.39 is 10.9 Å². The van der Waals surface area contributed by atoms with Gasteiger partial charge in [0.2, 0.25) is 11.6 Å². The molecule has 1 unspecified atom stereocenters. The fourth-order valence-electron chi connectivity index (χ4n) is 8.02. The summed E-state index contributed by atoms with van der Waals surface area (Å²) in [5.74, 6) is 2.72. The Morgan fingerprint density at radius 3 is 2.19 bits per heavy atom. The molecule has 4 aromatic carbocycles. The molecule has 1 aliphatic heterocycles. The number of nitrogens with zero attached hydrogens (tertiary/aromatic N) is 8. The molecular weight excluding hydrogens is 633 g/mol. The van der Waals surface area contributed by atoms with Crippen molar-refractivity contribution < 1.29 is 0 Å². The summed E-state index contributed by atoms with van der Waals surface area (Å²) in [6, 6.07) is 30.7. The van der Waals surface area contributed by atoms with E-state index in [9.17, 15) is 0 Å². The molecule has 0 bridgehead atoms. The van der Waals surface area contributed by atoms with E-state index in [1.165, 1.54) is 63.2 Å². The summed E-state index contributed by atoms with van der Waals surface area (Å²) < 4.78 is 11.8. The number of fused-ring (bicyclic) bond motifs is 16. The van der Waals surface area contributed by atoms with Crippen LogP contribution in [0.5, 0.6) is 0 Å². The molecule has 12 rings (SSSR count). The van der Waals surface area contributed by atoms with Crippen LogP contribution in [0.2, 0.25) is 0 Å². The van der Waals surface area contributed by atoms with Crippen LogP contribution in [0.25, 0.3) is 87.0 Å². The lowest BCUT2D eigenvalue weighted by Crippen LogP contribution is -2.00. The van der Waals surface area contributed by atoms with E-state index in [4.69, 9.17) is 9.97 Å². The van der Waals surface area contributed by atoms with Crippen molar-refractivity contribution in [1.29, 1.82) is 0 Å². The Morgan fingerprint density at radius 1 is 0.604 bits per heavy atom. The maximum absolute atomic E-state index is 5.26. The Hall–Kier alpha value is -5.71. The highest BCUT2D eigenvalue weighted by atomic mass is 32.2. The average Bonchev–Trinajstić information content (AvgIpc) is 3.94. The fourth-order valence-corrected chi connectivity index (χ4v) is 11.7. The van der Waals surface area contributed by atoms with Gasteiger partial charge in [0.15, 0.2) is 0 Å². The van der Waals surface area contributed by atoms with Gasteiger partial charge in [0.05, 0.1) is 54.7 Å². The number of hydrogen-bond donors (Lipinski definition) is 1. The zero-order chi connectivity index (χ0) is 31.2. The predicted molar refractivity (Wildman–Crippen MR) is 197 cm³/mol. The Balaban J connectivity index is 1.15. The Kier molecular flexibility index (Phi) is 4.65. The number of aromatic nitrogens is 8. The lowest BCUT2D eigenvalue weighted by Gasteiger charge is -2.20. The second-order valence-corrected chi connectivity index (χ2v) is 15.8. The first-order valence-corrected chi connectivity index (χ1v) is 18.2. The lowest BCUT2D eigenvalue weighted by molar-refractivity contribution is 0.940. The molecule has 0 saturated heterocycles. The molecule has 0 N–H and O–H groups in total. The fraction of sp³-hybridized carbons (Fsp3) is 0.0526. The van der Waals surface area contributed by atoms with Gasteiger partial charge >= 0.3 is 0 Å². The normalized spacial score (nSPS) is 15.4. The number of hydrogen-bond acceptors (Lipinski definition) is 5. The monoisotopic (exact) mass is 656 g/mol. The highest BCUT2D eigenvalue weighted by Crippen LogP contribution is 2.60. The number of pyridine rings is 2. The number of aryl methyl sites for hydroxylation is 1. The highest BCUT2D eigenvalue weighted by molar-refractivity contribution is 8.16. The standard InChI is InChI=1S/C38H24N8S2/c1-43-29-15-24-22-11-13-40-19-36(22)48(35(24)17-32(29)45-27-8-4-2-6-25(27)41-37(43)45)20-44-30-16-33-23(21-10-12-39-18-34(21)47-33)14-31(30)46-28-9-5-3-7-26(28)42-38(44)46/h2-19,48H,20H2,1H3. The molecule has 1 atom stereocenters.